The highest BCUT2D eigenvalue weighted by atomic mass is 35.5. The first-order valence-electron chi connectivity index (χ1n) is 6.17. The SMILES string of the molecule is Cl.NC1CCN(CC(O)c2ccc(Cl)c(Cl)c2)CC1. The Morgan fingerprint density at radius 2 is 1.89 bits per heavy atom. The molecule has 108 valence electrons. The predicted octanol–water partition coefficient (Wildman–Crippen LogP) is 2.87. The van der Waals surface area contributed by atoms with Gasteiger partial charge in [-0.1, -0.05) is 29.3 Å². The van der Waals surface area contributed by atoms with Crippen LogP contribution in [0.1, 0.15) is 24.5 Å². The normalized spacial score (nSPS) is 18.9. The fraction of sp³-hybridized carbons (Fsp3) is 0.538. The number of hydrogen-bond donors (Lipinski definition) is 2. The van der Waals surface area contributed by atoms with Crippen molar-refractivity contribution in [2.75, 3.05) is 19.6 Å². The van der Waals surface area contributed by atoms with E-state index < -0.39 is 6.10 Å². The summed E-state index contributed by atoms with van der Waals surface area (Å²) in [7, 11) is 0. The number of nitrogens with zero attached hydrogens (tertiary/aromatic N) is 1. The lowest BCUT2D eigenvalue weighted by Crippen LogP contribution is -2.41. The van der Waals surface area contributed by atoms with E-state index in [2.05, 4.69) is 4.90 Å². The summed E-state index contributed by atoms with van der Waals surface area (Å²) in [5.41, 5.74) is 6.66. The molecule has 1 aliphatic heterocycles. The van der Waals surface area contributed by atoms with Gasteiger partial charge < -0.3 is 15.7 Å². The number of hydrogen-bond acceptors (Lipinski definition) is 3. The molecule has 1 heterocycles. The van der Waals surface area contributed by atoms with Gasteiger partial charge in [0.1, 0.15) is 0 Å². The molecule has 1 unspecified atom stereocenters. The highest BCUT2D eigenvalue weighted by Gasteiger charge is 2.19. The van der Waals surface area contributed by atoms with Gasteiger partial charge in [-0.3, -0.25) is 0 Å². The van der Waals surface area contributed by atoms with Crippen LogP contribution in [0.2, 0.25) is 10.0 Å². The van der Waals surface area contributed by atoms with Crippen LogP contribution >= 0.6 is 35.6 Å². The first-order valence-corrected chi connectivity index (χ1v) is 6.93. The highest BCUT2D eigenvalue weighted by molar-refractivity contribution is 6.42. The van der Waals surface area contributed by atoms with Gasteiger partial charge in [-0.05, 0) is 43.6 Å². The quantitative estimate of drug-likeness (QED) is 0.898. The van der Waals surface area contributed by atoms with Crippen LogP contribution in [0.3, 0.4) is 0 Å². The Kier molecular flexibility index (Phi) is 6.87. The third-order valence-corrected chi connectivity index (χ3v) is 4.13. The molecule has 2 rings (SSSR count). The van der Waals surface area contributed by atoms with Crippen molar-refractivity contribution in [1.29, 1.82) is 0 Å². The smallest absolute Gasteiger partial charge is 0.0917 e. The second kappa shape index (κ2) is 7.67. The maximum Gasteiger partial charge on any atom is 0.0917 e. The molecule has 3 N–H and O–H groups in total. The summed E-state index contributed by atoms with van der Waals surface area (Å²) < 4.78 is 0. The van der Waals surface area contributed by atoms with E-state index in [9.17, 15) is 5.11 Å². The molecule has 6 heteroatoms. The average Bonchev–Trinajstić information content (AvgIpc) is 2.35. The lowest BCUT2D eigenvalue weighted by molar-refractivity contribution is 0.0977. The summed E-state index contributed by atoms with van der Waals surface area (Å²) in [6.07, 6.45) is 1.46. The third-order valence-electron chi connectivity index (χ3n) is 3.39. The molecule has 0 aliphatic carbocycles. The predicted molar refractivity (Wildman–Crippen MR) is 82.3 cm³/mol. The Morgan fingerprint density at radius 1 is 1.26 bits per heavy atom. The van der Waals surface area contributed by atoms with Crippen LogP contribution in [0.4, 0.5) is 0 Å². The maximum absolute atomic E-state index is 10.2. The molecule has 0 aromatic heterocycles. The zero-order valence-electron chi connectivity index (χ0n) is 10.6. The van der Waals surface area contributed by atoms with Crippen LogP contribution in [0.15, 0.2) is 18.2 Å². The van der Waals surface area contributed by atoms with Gasteiger partial charge in [0.2, 0.25) is 0 Å². The molecule has 0 radical (unpaired) electrons. The minimum absolute atomic E-state index is 0. The van der Waals surface area contributed by atoms with Crippen molar-refractivity contribution in [3.05, 3.63) is 33.8 Å². The van der Waals surface area contributed by atoms with Gasteiger partial charge in [-0.2, -0.15) is 0 Å². The van der Waals surface area contributed by atoms with Gasteiger partial charge in [0, 0.05) is 12.6 Å². The number of halogens is 3. The summed E-state index contributed by atoms with van der Waals surface area (Å²) in [5.74, 6) is 0. The summed E-state index contributed by atoms with van der Waals surface area (Å²) >= 11 is 11.8. The van der Waals surface area contributed by atoms with Crippen LogP contribution in [0.25, 0.3) is 0 Å². The molecule has 0 saturated carbocycles. The monoisotopic (exact) mass is 324 g/mol. The maximum atomic E-state index is 10.2. The van der Waals surface area contributed by atoms with Gasteiger partial charge >= 0.3 is 0 Å². The van der Waals surface area contributed by atoms with E-state index in [1.807, 2.05) is 6.07 Å². The molecular formula is C13H19Cl3N2O. The molecule has 1 aromatic rings. The van der Waals surface area contributed by atoms with Crippen molar-refractivity contribution >= 4 is 35.6 Å². The number of nitrogens with two attached hydrogens (primary N) is 1. The average molecular weight is 326 g/mol. The zero-order valence-corrected chi connectivity index (χ0v) is 12.9. The Balaban J connectivity index is 0.00000180. The highest BCUT2D eigenvalue weighted by Crippen LogP contribution is 2.26. The van der Waals surface area contributed by atoms with E-state index in [1.165, 1.54) is 0 Å². The van der Waals surface area contributed by atoms with Crippen LogP contribution in [-0.4, -0.2) is 35.7 Å². The Bertz CT molecular complexity index is 409. The van der Waals surface area contributed by atoms with Crippen LogP contribution in [-0.2, 0) is 0 Å². The lowest BCUT2D eigenvalue weighted by Gasteiger charge is -2.31. The summed E-state index contributed by atoms with van der Waals surface area (Å²) in [4.78, 5) is 2.23. The fourth-order valence-corrected chi connectivity index (χ4v) is 2.51. The zero-order chi connectivity index (χ0) is 13.1. The van der Waals surface area contributed by atoms with Crippen molar-refractivity contribution in [1.82, 2.24) is 4.90 Å². The number of aliphatic hydroxyl groups excluding tert-OH is 1. The first-order chi connectivity index (χ1) is 8.56. The van der Waals surface area contributed by atoms with E-state index in [1.54, 1.807) is 12.1 Å². The Morgan fingerprint density at radius 3 is 2.47 bits per heavy atom. The minimum Gasteiger partial charge on any atom is -0.387 e. The van der Waals surface area contributed by atoms with Crippen molar-refractivity contribution < 1.29 is 5.11 Å². The van der Waals surface area contributed by atoms with Gasteiger partial charge in [-0.25, -0.2) is 0 Å². The van der Waals surface area contributed by atoms with Crippen LogP contribution in [0, 0.1) is 0 Å². The van der Waals surface area contributed by atoms with Crippen molar-refractivity contribution in [3.8, 4) is 0 Å². The third kappa shape index (κ3) is 4.78. The molecule has 1 aliphatic rings. The van der Waals surface area contributed by atoms with E-state index in [0.717, 1.165) is 31.5 Å². The fourth-order valence-electron chi connectivity index (χ4n) is 2.21. The lowest BCUT2D eigenvalue weighted by atomic mass is 10.0. The Hall–Kier alpha value is -0.0300. The molecule has 0 spiro atoms. The topological polar surface area (TPSA) is 49.5 Å². The second-order valence-electron chi connectivity index (χ2n) is 4.83. The molecule has 0 amide bonds. The number of β-amino-alcohol motifs (C(OH)–C–C–N with tert-alkyl or cyclic N) is 1. The van der Waals surface area contributed by atoms with Crippen LogP contribution in [0.5, 0.6) is 0 Å². The number of aliphatic hydroxyl groups is 1. The van der Waals surface area contributed by atoms with E-state index >= 15 is 0 Å². The van der Waals surface area contributed by atoms with Crippen LogP contribution < -0.4 is 5.73 Å². The number of rotatable bonds is 3. The van der Waals surface area contributed by atoms with Crippen molar-refractivity contribution in [3.63, 3.8) is 0 Å². The standard InChI is InChI=1S/C13H18Cl2N2O.ClH/c14-11-2-1-9(7-12(11)15)13(18)8-17-5-3-10(16)4-6-17;/h1-2,7,10,13,18H,3-6,8,16H2;1H. The molecule has 1 atom stereocenters. The summed E-state index contributed by atoms with van der Waals surface area (Å²) in [6, 6.07) is 5.57. The minimum atomic E-state index is -0.533. The van der Waals surface area contributed by atoms with Gasteiger partial charge in [0.15, 0.2) is 0 Å². The molecule has 1 fully saturated rings. The summed E-state index contributed by atoms with van der Waals surface area (Å²) in [5, 5.41) is 11.2. The molecule has 3 nitrogen and oxygen atoms in total. The largest absolute Gasteiger partial charge is 0.387 e. The number of likely N-dealkylation sites (tertiary alicyclic amines) is 1. The second-order valence-corrected chi connectivity index (χ2v) is 5.64. The van der Waals surface area contributed by atoms with Gasteiger partial charge in [0.05, 0.1) is 16.1 Å². The van der Waals surface area contributed by atoms with Gasteiger partial charge in [-0.15, -0.1) is 12.4 Å². The molecule has 1 saturated heterocycles. The molecule has 1 aromatic carbocycles. The molecule has 0 bridgehead atoms. The molecular weight excluding hydrogens is 307 g/mol. The Labute approximate surface area is 130 Å². The van der Waals surface area contributed by atoms with Crippen molar-refractivity contribution in [2.24, 2.45) is 5.73 Å². The van der Waals surface area contributed by atoms with Gasteiger partial charge in [0.25, 0.3) is 0 Å². The summed E-state index contributed by atoms with van der Waals surface area (Å²) in [6.45, 7) is 2.50. The van der Waals surface area contributed by atoms with E-state index in [0.29, 0.717) is 22.6 Å². The number of piperidine rings is 1. The van der Waals surface area contributed by atoms with E-state index in [4.69, 9.17) is 28.9 Å². The number of benzene rings is 1. The molecule has 19 heavy (non-hydrogen) atoms. The first kappa shape index (κ1) is 17.0. The van der Waals surface area contributed by atoms with E-state index in [-0.39, 0.29) is 12.4 Å². The van der Waals surface area contributed by atoms with Crippen molar-refractivity contribution in [2.45, 2.75) is 25.0 Å².